The summed E-state index contributed by atoms with van der Waals surface area (Å²) in [5.74, 6) is 0.630. The van der Waals surface area contributed by atoms with E-state index in [2.05, 4.69) is 11.9 Å². The second-order valence-corrected chi connectivity index (χ2v) is 4.11. The topological polar surface area (TPSA) is 51.5 Å². The van der Waals surface area contributed by atoms with Gasteiger partial charge >= 0.3 is 0 Å². The van der Waals surface area contributed by atoms with E-state index in [1.54, 1.807) is 36.4 Å². The number of rotatable bonds is 5. The van der Waals surface area contributed by atoms with Gasteiger partial charge in [0.15, 0.2) is 5.76 Å². The molecule has 1 amide bonds. The number of carbonyl (C=O) groups excluding carboxylic acids is 1. The van der Waals surface area contributed by atoms with E-state index in [0.29, 0.717) is 17.3 Å². The van der Waals surface area contributed by atoms with Crippen LogP contribution >= 0.6 is 11.6 Å². The molecule has 0 fully saturated rings. The van der Waals surface area contributed by atoms with Gasteiger partial charge in [0.25, 0.3) is 11.9 Å². The maximum Gasteiger partial charge on any atom is 0.290 e. The molecule has 19 heavy (non-hydrogen) atoms. The van der Waals surface area contributed by atoms with Crippen molar-refractivity contribution in [1.82, 2.24) is 5.32 Å². The van der Waals surface area contributed by atoms with E-state index in [9.17, 15) is 4.79 Å². The Hall–Kier alpha value is -2.20. The Morgan fingerprint density at radius 1 is 1.42 bits per heavy atom. The van der Waals surface area contributed by atoms with E-state index in [0.717, 1.165) is 0 Å². The number of hydrogen-bond donors (Lipinski definition) is 1. The molecule has 0 atom stereocenters. The first-order valence-electron chi connectivity index (χ1n) is 5.61. The lowest BCUT2D eigenvalue weighted by Gasteiger charge is -2.02. The van der Waals surface area contributed by atoms with Crippen LogP contribution in [0.2, 0.25) is 5.02 Å². The van der Waals surface area contributed by atoms with Gasteiger partial charge in [0, 0.05) is 17.6 Å². The van der Waals surface area contributed by atoms with Crippen LogP contribution in [-0.4, -0.2) is 12.5 Å². The van der Waals surface area contributed by atoms with Gasteiger partial charge in [-0.1, -0.05) is 23.7 Å². The minimum absolute atomic E-state index is 0.180. The molecule has 98 valence electrons. The zero-order valence-corrected chi connectivity index (χ0v) is 10.8. The summed E-state index contributed by atoms with van der Waals surface area (Å²) in [6, 6.07) is 10.0. The third-order valence-electron chi connectivity index (χ3n) is 2.23. The number of ether oxygens (including phenoxy) is 1. The first-order chi connectivity index (χ1) is 9.19. The summed E-state index contributed by atoms with van der Waals surface area (Å²) in [6.07, 6.45) is 1.59. The van der Waals surface area contributed by atoms with Crippen molar-refractivity contribution in [1.29, 1.82) is 0 Å². The van der Waals surface area contributed by atoms with Gasteiger partial charge in [0.05, 0.1) is 0 Å². The molecule has 4 nitrogen and oxygen atoms in total. The third-order valence-corrected chi connectivity index (χ3v) is 2.46. The van der Waals surface area contributed by atoms with Gasteiger partial charge in [-0.25, -0.2) is 0 Å². The average Bonchev–Trinajstić information content (AvgIpc) is 2.84. The maximum absolute atomic E-state index is 11.6. The van der Waals surface area contributed by atoms with Crippen molar-refractivity contribution in [3.05, 3.63) is 59.8 Å². The lowest BCUT2D eigenvalue weighted by molar-refractivity contribution is 0.0925. The number of carbonyl (C=O) groups is 1. The van der Waals surface area contributed by atoms with Crippen LogP contribution in [0.25, 0.3) is 0 Å². The van der Waals surface area contributed by atoms with Gasteiger partial charge in [0.2, 0.25) is 0 Å². The molecule has 0 saturated carbocycles. The monoisotopic (exact) mass is 277 g/mol. The number of furan rings is 1. The summed E-state index contributed by atoms with van der Waals surface area (Å²) in [6.45, 7) is 3.89. The molecule has 1 aromatic carbocycles. The fourth-order valence-electron chi connectivity index (χ4n) is 1.40. The van der Waals surface area contributed by atoms with Gasteiger partial charge in [-0.15, -0.1) is 6.58 Å². The molecular formula is C14H12ClNO3. The summed E-state index contributed by atoms with van der Waals surface area (Å²) < 4.78 is 10.7. The number of hydrogen-bond acceptors (Lipinski definition) is 3. The summed E-state index contributed by atoms with van der Waals surface area (Å²) in [4.78, 5) is 11.6. The molecule has 2 rings (SSSR count). The van der Waals surface area contributed by atoms with Crippen LogP contribution < -0.4 is 10.1 Å². The molecule has 0 aliphatic heterocycles. The van der Waals surface area contributed by atoms with Crippen LogP contribution in [-0.2, 0) is 0 Å². The molecule has 0 aliphatic rings. The van der Waals surface area contributed by atoms with Crippen LogP contribution in [0.5, 0.6) is 11.7 Å². The lowest BCUT2D eigenvalue weighted by atomic mass is 10.3. The van der Waals surface area contributed by atoms with Crippen molar-refractivity contribution in [2.45, 2.75) is 0 Å². The van der Waals surface area contributed by atoms with Gasteiger partial charge < -0.3 is 14.5 Å². The molecule has 0 unspecified atom stereocenters. The van der Waals surface area contributed by atoms with Gasteiger partial charge in [-0.3, -0.25) is 4.79 Å². The van der Waals surface area contributed by atoms with Crippen molar-refractivity contribution < 1.29 is 13.9 Å². The normalized spacial score (nSPS) is 9.95. The zero-order valence-electron chi connectivity index (χ0n) is 10.1. The lowest BCUT2D eigenvalue weighted by Crippen LogP contribution is -2.22. The molecule has 1 N–H and O–H groups in total. The molecule has 1 aromatic heterocycles. The first-order valence-corrected chi connectivity index (χ1v) is 5.99. The van der Waals surface area contributed by atoms with Crippen LogP contribution in [0, 0.1) is 0 Å². The van der Waals surface area contributed by atoms with Crippen LogP contribution in [0.4, 0.5) is 0 Å². The van der Waals surface area contributed by atoms with Crippen molar-refractivity contribution in [3.8, 4) is 11.7 Å². The van der Waals surface area contributed by atoms with Crippen LogP contribution in [0.3, 0.4) is 0 Å². The highest BCUT2D eigenvalue weighted by Gasteiger charge is 2.11. The van der Waals surface area contributed by atoms with Gasteiger partial charge in [0.1, 0.15) is 5.75 Å². The molecule has 0 bridgehead atoms. The summed E-state index contributed by atoms with van der Waals surface area (Å²) in [5, 5.41) is 3.17. The average molecular weight is 278 g/mol. The van der Waals surface area contributed by atoms with Crippen molar-refractivity contribution in [2.24, 2.45) is 0 Å². The van der Waals surface area contributed by atoms with Gasteiger partial charge in [-0.05, 0) is 24.3 Å². The number of halogens is 1. The molecule has 0 saturated heterocycles. The summed E-state index contributed by atoms with van der Waals surface area (Å²) >= 11 is 5.84. The Labute approximate surface area is 115 Å². The van der Waals surface area contributed by atoms with Crippen LogP contribution in [0.1, 0.15) is 10.6 Å². The van der Waals surface area contributed by atoms with E-state index in [1.807, 2.05) is 0 Å². The van der Waals surface area contributed by atoms with E-state index in [1.165, 1.54) is 6.07 Å². The van der Waals surface area contributed by atoms with E-state index < -0.39 is 0 Å². The minimum atomic E-state index is -0.319. The molecule has 2 aromatic rings. The largest absolute Gasteiger partial charge is 0.426 e. The predicted molar refractivity (Wildman–Crippen MR) is 72.8 cm³/mol. The quantitative estimate of drug-likeness (QED) is 0.849. The predicted octanol–water partition coefficient (Wildman–Crippen LogP) is 3.64. The smallest absolute Gasteiger partial charge is 0.290 e. The number of benzene rings is 1. The standard InChI is InChI=1S/C14H12ClNO3/c1-2-8-16-14(17)12-6-7-13(19-12)18-11-5-3-4-10(15)9-11/h2-7,9H,1,8H2,(H,16,17). The van der Waals surface area contributed by atoms with E-state index in [4.69, 9.17) is 20.8 Å². The third kappa shape index (κ3) is 3.63. The minimum Gasteiger partial charge on any atom is -0.426 e. The summed E-state index contributed by atoms with van der Waals surface area (Å²) in [7, 11) is 0. The highest BCUT2D eigenvalue weighted by Crippen LogP contribution is 2.25. The van der Waals surface area contributed by atoms with E-state index >= 15 is 0 Å². The SMILES string of the molecule is C=CCNC(=O)c1ccc(Oc2cccc(Cl)c2)o1. The fraction of sp³-hybridized carbons (Fsp3) is 0.0714. The summed E-state index contributed by atoms with van der Waals surface area (Å²) in [5.41, 5.74) is 0. The maximum atomic E-state index is 11.6. The molecule has 0 aliphatic carbocycles. The Bertz CT molecular complexity index is 592. The first kappa shape index (κ1) is 13.2. The molecule has 5 heteroatoms. The second kappa shape index (κ2) is 6.11. The second-order valence-electron chi connectivity index (χ2n) is 3.68. The van der Waals surface area contributed by atoms with Crippen molar-refractivity contribution in [2.75, 3.05) is 6.54 Å². The number of amides is 1. The number of nitrogens with one attached hydrogen (secondary N) is 1. The Morgan fingerprint density at radius 2 is 2.26 bits per heavy atom. The highest BCUT2D eigenvalue weighted by molar-refractivity contribution is 6.30. The Kier molecular flexibility index (Phi) is 4.26. The Morgan fingerprint density at radius 3 is 3.00 bits per heavy atom. The van der Waals surface area contributed by atoms with Crippen molar-refractivity contribution >= 4 is 17.5 Å². The van der Waals surface area contributed by atoms with Gasteiger partial charge in [-0.2, -0.15) is 0 Å². The Balaban J connectivity index is 2.05. The molecule has 1 heterocycles. The zero-order chi connectivity index (χ0) is 13.7. The molecular weight excluding hydrogens is 266 g/mol. The van der Waals surface area contributed by atoms with E-state index in [-0.39, 0.29) is 17.6 Å². The van der Waals surface area contributed by atoms with Crippen LogP contribution in [0.15, 0.2) is 53.5 Å². The molecule has 0 radical (unpaired) electrons. The van der Waals surface area contributed by atoms with Crippen molar-refractivity contribution in [3.63, 3.8) is 0 Å². The fourth-order valence-corrected chi connectivity index (χ4v) is 1.58. The molecule has 0 spiro atoms. The highest BCUT2D eigenvalue weighted by atomic mass is 35.5.